The number of rotatable bonds is 4. The molecule has 0 radical (unpaired) electrons. The van der Waals surface area contributed by atoms with Crippen molar-refractivity contribution in [2.45, 2.75) is 38.6 Å². The van der Waals surface area contributed by atoms with Crippen molar-refractivity contribution in [3.63, 3.8) is 0 Å². The standard InChI is InChI=1S/C15H20N2O3/c1-2-20-13-9-7-12(8-10-13)17-15(19)14(18)16-11-5-3-4-6-11/h7-11H,2-6H2,1H3,(H,16,18)(H,17,19). The summed E-state index contributed by atoms with van der Waals surface area (Å²) in [6.45, 7) is 2.50. The van der Waals surface area contributed by atoms with Gasteiger partial charge in [0.2, 0.25) is 0 Å². The van der Waals surface area contributed by atoms with Gasteiger partial charge in [-0.05, 0) is 44.0 Å². The van der Waals surface area contributed by atoms with Crippen molar-refractivity contribution in [3.05, 3.63) is 24.3 Å². The average molecular weight is 276 g/mol. The maximum absolute atomic E-state index is 11.8. The van der Waals surface area contributed by atoms with Crippen molar-refractivity contribution < 1.29 is 14.3 Å². The minimum Gasteiger partial charge on any atom is -0.494 e. The second-order valence-electron chi connectivity index (χ2n) is 4.87. The van der Waals surface area contributed by atoms with Crippen LogP contribution in [0.25, 0.3) is 0 Å². The minimum atomic E-state index is -0.624. The van der Waals surface area contributed by atoms with Gasteiger partial charge in [-0.15, -0.1) is 0 Å². The highest BCUT2D eigenvalue weighted by atomic mass is 16.5. The fourth-order valence-electron chi connectivity index (χ4n) is 2.31. The van der Waals surface area contributed by atoms with E-state index in [1.807, 2.05) is 6.92 Å². The maximum Gasteiger partial charge on any atom is 0.313 e. The second-order valence-corrected chi connectivity index (χ2v) is 4.87. The molecule has 0 saturated heterocycles. The number of carbonyl (C=O) groups is 2. The number of hydrogen-bond donors (Lipinski definition) is 2. The highest BCUT2D eigenvalue weighted by molar-refractivity contribution is 6.39. The number of amides is 2. The van der Waals surface area contributed by atoms with Crippen molar-refractivity contribution in [1.29, 1.82) is 0 Å². The molecule has 20 heavy (non-hydrogen) atoms. The largest absolute Gasteiger partial charge is 0.494 e. The van der Waals surface area contributed by atoms with Crippen LogP contribution < -0.4 is 15.4 Å². The van der Waals surface area contributed by atoms with E-state index in [9.17, 15) is 9.59 Å². The van der Waals surface area contributed by atoms with E-state index in [2.05, 4.69) is 10.6 Å². The zero-order valence-electron chi connectivity index (χ0n) is 11.6. The number of carbonyl (C=O) groups excluding carboxylic acids is 2. The molecule has 5 heteroatoms. The van der Waals surface area contributed by atoms with E-state index in [0.717, 1.165) is 31.4 Å². The van der Waals surface area contributed by atoms with Gasteiger partial charge in [0.15, 0.2) is 0 Å². The van der Waals surface area contributed by atoms with Gasteiger partial charge in [-0.2, -0.15) is 0 Å². The van der Waals surface area contributed by atoms with E-state index in [-0.39, 0.29) is 6.04 Å². The molecule has 0 aliphatic heterocycles. The summed E-state index contributed by atoms with van der Waals surface area (Å²) in [5.74, 6) is -0.451. The Hall–Kier alpha value is -2.04. The lowest BCUT2D eigenvalue weighted by molar-refractivity contribution is -0.136. The molecule has 0 bridgehead atoms. The van der Waals surface area contributed by atoms with E-state index in [4.69, 9.17) is 4.74 Å². The molecule has 2 N–H and O–H groups in total. The average Bonchev–Trinajstić information content (AvgIpc) is 2.94. The molecule has 0 unspecified atom stereocenters. The number of benzene rings is 1. The van der Waals surface area contributed by atoms with Crippen molar-refractivity contribution in [2.24, 2.45) is 0 Å². The summed E-state index contributed by atoms with van der Waals surface area (Å²) in [5.41, 5.74) is 0.583. The van der Waals surface area contributed by atoms with Gasteiger partial charge in [0, 0.05) is 11.7 Å². The lowest BCUT2D eigenvalue weighted by Crippen LogP contribution is -2.40. The van der Waals surface area contributed by atoms with Crippen molar-refractivity contribution >= 4 is 17.5 Å². The normalized spacial score (nSPS) is 14.8. The molecule has 1 aliphatic carbocycles. The molecule has 2 amide bonds. The van der Waals surface area contributed by atoms with Gasteiger partial charge < -0.3 is 15.4 Å². The van der Waals surface area contributed by atoms with Crippen LogP contribution in [-0.2, 0) is 9.59 Å². The van der Waals surface area contributed by atoms with Gasteiger partial charge in [0.25, 0.3) is 0 Å². The Bertz CT molecular complexity index is 465. The van der Waals surface area contributed by atoms with Crippen LogP contribution >= 0.6 is 0 Å². The first-order chi connectivity index (χ1) is 9.69. The van der Waals surface area contributed by atoms with Gasteiger partial charge in [0.1, 0.15) is 5.75 Å². The predicted molar refractivity (Wildman–Crippen MR) is 76.6 cm³/mol. The third kappa shape index (κ3) is 3.98. The molecule has 2 rings (SSSR count). The Morgan fingerprint density at radius 3 is 2.40 bits per heavy atom. The quantitative estimate of drug-likeness (QED) is 0.827. The van der Waals surface area contributed by atoms with E-state index in [1.165, 1.54) is 0 Å². The van der Waals surface area contributed by atoms with E-state index in [1.54, 1.807) is 24.3 Å². The molecule has 0 aromatic heterocycles. The smallest absolute Gasteiger partial charge is 0.313 e. The molecule has 5 nitrogen and oxygen atoms in total. The number of hydrogen-bond acceptors (Lipinski definition) is 3. The van der Waals surface area contributed by atoms with E-state index >= 15 is 0 Å². The Kier molecular flexibility index (Phi) is 4.98. The highest BCUT2D eigenvalue weighted by Gasteiger charge is 2.21. The second kappa shape index (κ2) is 6.93. The number of nitrogens with one attached hydrogen (secondary N) is 2. The van der Waals surface area contributed by atoms with E-state index in [0.29, 0.717) is 12.3 Å². The molecular weight excluding hydrogens is 256 g/mol. The lowest BCUT2D eigenvalue weighted by atomic mass is 10.2. The predicted octanol–water partition coefficient (Wildman–Crippen LogP) is 2.08. The Morgan fingerprint density at radius 1 is 1.15 bits per heavy atom. The van der Waals surface area contributed by atoms with Crippen LogP contribution in [0.2, 0.25) is 0 Å². The maximum atomic E-state index is 11.8. The summed E-state index contributed by atoms with van der Waals surface area (Å²) in [7, 11) is 0. The van der Waals surface area contributed by atoms with Gasteiger partial charge >= 0.3 is 11.8 Å². The molecule has 0 atom stereocenters. The van der Waals surface area contributed by atoms with Crippen LogP contribution in [0.1, 0.15) is 32.6 Å². The molecule has 1 aromatic carbocycles. The monoisotopic (exact) mass is 276 g/mol. The molecule has 1 saturated carbocycles. The molecular formula is C15H20N2O3. The fraction of sp³-hybridized carbons (Fsp3) is 0.467. The topological polar surface area (TPSA) is 67.4 Å². The zero-order chi connectivity index (χ0) is 14.4. The fourth-order valence-corrected chi connectivity index (χ4v) is 2.31. The zero-order valence-corrected chi connectivity index (χ0v) is 11.6. The Balaban J connectivity index is 1.84. The SMILES string of the molecule is CCOc1ccc(NC(=O)C(=O)NC2CCCC2)cc1. The summed E-state index contributed by atoms with van der Waals surface area (Å²) >= 11 is 0. The summed E-state index contributed by atoms with van der Waals surface area (Å²) in [6, 6.07) is 7.09. The van der Waals surface area contributed by atoms with Crippen LogP contribution in [0.3, 0.4) is 0 Å². The summed E-state index contributed by atoms with van der Waals surface area (Å²) in [5, 5.41) is 5.33. The first-order valence-electron chi connectivity index (χ1n) is 7.03. The minimum absolute atomic E-state index is 0.147. The van der Waals surface area contributed by atoms with Crippen LogP contribution in [0.5, 0.6) is 5.75 Å². The van der Waals surface area contributed by atoms with Gasteiger partial charge in [0.05, 0.1) is 6.61 Å². The van der Waals surface area contributed by atoms with Crippen molar-refractivity contribution in [1.82, 2.24) is 5.32 Å². The number of ether oxygens (including phenoxy) is 1. The molecule has 1 aliphatic rings. The van der Waals surface area contributed by atoms with Crippen molar-refractivity contribution in [2.75, 3.05) is 11.9 Å². The Labute approximate surface area is 118 Å². The van der Waals surface area contributed by atoms with Gasteiger partial charge in [-0.25, -0.2) is 0 Å². The van der Waals surface area contributed by atoms with E-state index < -0.39 is 11.8 Å². The molecule has 1 aromatic rings. The van der Waals surface area contributed by atoms with Crippen LogP contribution in [-0.4, -0.2) is 24.5 Å². The van der Waals surface area contributed by atoms with Gasteiger partial charge in [-0.3, -0.25) is 9.59 Å². The summed E-state index contributed by atoms with van der Waals surface area (Å²) in [4.78, 5) is 23.5. The van der Waals surface area contributed by atoms with Crippen LogP contribution in [0.4, 0.5) is 5.69 Å². The number of anilines is 1. The highest BCUT2D eigenvalue weighted by Crippen LogP contribution is 2.18. The molecule has 0 heterocycles. The summed E-state index contributed by atoms with van der Waals surface area (Å²) < 4.78 is 5.31. The Morgan fingerprint density at radius 2 is 1.80 bits per heavy atom. The third-order valence-corrected chi connectivity index (χ3v) is 3.32. The summed E-state index contributed by atoms with van der Waals surface area (Å²) in [6.07, 6.45) is 4.15. The van der Waals surface area contributed by atoms with Crippen molar-refractivity contribution in [3.8, 4) is 5.75 Å². The molecule has 1 fully saturated rings. The lowest BCUT2D eigenvalue weighted by Gasteiger charge is -2.11. The first kappa shape index (κ1) is 14.4. The third-order valence-electron chi connectivity index (χ3n) is 3.32. The molecule has 108 valence electrons. The van der Waals surface area contributed by atoms with Crippen LogP contribution in [0.15, 0.2) is 24.3 Å². The van der Waals surface area contributed by atoms with Crippen LogP contribution in [0, 0.1) is 0 Å². The molecule has 0 spiro atoms. The van der Waals surface area contributed by atoms with Gasteiger partial charge in [-0.1, -0.05) is 12.8 Å². The first-order valence-corrected chi connectivity index (χ1v) is 7.03.